The predicted octanol–water partition coefficient (Wildman–Crippen LogP) is 2.10. The van der Waals surface area contributed by atoms with E-state index in [0.717, 1.165) is 0 Å². The molecule has 1 rings (SSSR count). The highest BCUT2D eigenvalue weighted by Crippen LogP contribution is 2.33. The zero-order valence-corrected chi connectivity index (χ0v) is 11.0. The zero-order valence-electron chi connectivity index (χ0n) is 10.2. The lowest BCUT2D eigenvalue weighted by molar-refractivity contribution is -0.188. The van der Waals surface area contributed by atoms with Crippen LogP contribution in [0.25, 0.3) is 0 Å². The van der Waals surface area contributed by atoms with Crippen LogP contribution in [0.15, 0.2) is 0 Å². The van der Waals surface area contributed by atoms with Crippen molar-refractivity contribution in [3.05, 3.63) is 0 Å². The minimum atomic E-state index is -4.25. The van der Waals surface area contributed by atoms with E-state index in [9.17, 15) is 18.0 Å². The summed E-state index contributed by atoms with van der Waals surface area (Å²) < 4.78 is 37.9. The van der Waals surface area contributed by atoms with Gasteiger partial charge in [0.1, 0.15) is 0 Å². The number of piperidine rings is 1. The summed E-state index contributed by atoms with van der Waals surface area (Å²) in [7, 11) is 0. The van der Waals surface area contributed by atoms with Crippen LogP contribution in [0.4, 0.5) is 13.2 Å². The lowest BCUT2D eigenvalue weighted by Gasteiger charge is -2.35. The molecular weight excluding hydrogens is 265 g/mol. The quantitative estimate of drug-likeness (QED) is 0.806. The Morgan fingerprint density at radius 1 is 1.56 bits per heavy atom. The van der Waals surface area contributed by atoms with Crippen molar-refractivity contribution in [3.63, 3.8) is 0 Å². The van der Waals surface area contributed by atoms with E-state index in [2.05, 4.69) is 0 Å². The highest BCUT2D eigenvalue weighted by Gasteiger charge is 2.43. The van der Waals surface area contributed by atoms with Crippen molar-refractivity contribution in [1.82, 2.24) is 4.90 Å². The molecule has 3 nitrogen and oxygen atoms in total. The number of carbonyl (C=O) groups is 1. The minimum Gasteiger partial charge on any atom is -0.393 e. The van der Waals surface area contributed by atoms with E-state index in [0.29, 0.717) is 19.4 Å². The summed E-state index contributed by atoms with van der Waals surface area (Å²) in [6.45, 7) is 1.82. The van der Waals surface area contributed by atoms with Crippen molar-refractivity contribution in [2.75, 3.05) is 13.1 Å². The van der Waals surface area contributed by atoms with Gasteiger partial charge in [-0.2, -0.15) is 13.2 Å². The van der Waals surface area contributed by atoms with Gasteiger partial charge in [-0.05, 0) is 19.3 Å². The second kappa shape index (κ2) is 5.86. The normalized spacial score (nSPS) is 22.7. The molecule has 0 spiro atoms. The molecule has 104 valence electrons. The number of nitrogens with zero attached hydrogens (tertiary/aromatic N) is 1. The molecule has 7 heteroatoms. The molecule has 1 aliphatic rings. The number of hydrogen-bond donors (Lipinski definition) is 1. The van der Waals surface area contributed by atoms with E-state index in [1.807, 2.05) is 0 Å². The van der Waals surface area contributed by atoms with Crippen molar-refractivity contribution in [3.8, 4) is 0 Å². The van der Waals surface area contributed by atoms with Gasteiger partial charge in [-0.3, -0.25) is 4.79 Å². The van der Waals surface area contributed by atoms with E-state index in [1.54, 1.807) is 6.92 Å². The maximum absolute atomic E-state index is 12.6. The lowest BCUT2D eigenvalue weighted by atomic mass is 9.95. The maximum atomic E-state index is 12.6. The van der Waals surface area contributed by atoms with Crippen LogP contribution in [0.5, 0.6) is 0 Å². The van der Waals surface area contributed by atoms with Gasteiger partial charge in [0.25, 0.3) is 0 Å². The highest BCUT2D eigenvalue weighted by molar-refractivity contribution is 7.80. The summed E-state index contributed by atoms with van der Waals surface area (Å²) in [5, 5.41) is 0. The Bertz CT molecular complexity index is 333. The van der Waals surface area contributed by atoms with Gasteiger partial charge in [-0.25, -0.2) is 0 Å². The summed E-state index contributed by atoms with van der Waals surface area (Å²) >= 11 is 4.77. The number of halogens is 3. The second-order valence-electron chi connectivity index (χ2n) is 4.53. The molecule has 1 saturated heterocycles. The smallest absolute Gasteiger partial charge is 0.393 e. The fourth-order valence-corrected chi connectivity index (χ4v) is 2.43. The van der Waals surface area contributed by atoms with Crippen molar-refractivity contribution in [2.45, 2.75) is 32.4 Å². The second-order valence-corrected chi connectivity index (χ2v) is 5.00. The molecule has 0 aromatic heterocycles. The molecule has 1 heterocycles. The first-order valence-corrected chi connectivity index (χ1v) is 6.33. The molecule has 2 unspecified atom stereocenters. The number of likely N-dealkylation sites (tertiary alicyclic amines) is 1. The van der Waals surface area contributed by atoms with Crippen LogP contribution >= 0.6 is 12.2 Å². The topological polar surface area (TPSA) is 46.3 Å². The third-order valence-corrected chi connectivity index (χ3v) is 3.53. The molecule has 1 aliphatic heterocycles. The molecule has 18 heavy (non-hydrogen) atoms. The number of alkyl halides is 3. The molecule has 0 aliphatic carbocycles. The molecule has 0 bridgehead atoms. The van der Waals surface area contributed by atoms with E-state index < -0.39 is 18.0 Å². The van der Waals surface area contributed by atoms with Crippen LogP contribution < -0.4 is 5.73 Å². The van der Waals surface area contributed by atoms with Crippen LogP contribution in [0.2, 0.25) is 0 Å². The Balaban J connectivity index is 2.72. The highest BCUT2D eigenvalue weighted by atomic mass is 32.1. The van der Waals surface area contributed by atoms with E-state index in [1.165, 1.54) is 4.90 Å². The van der Waals surface area contributed by atoms with Gasteiger partial charge in [0.05, 0.1) is 16.8 Å². The number of nitrogens with two attached hydrogens (primary N) is 1. The first-order chi connectivity index (χ1) is 8.27. The maximum Gasteiger partial charge on any atom is 0.393 e. The Hall–Kier alpha value is -0.850. The van der Waals surface area contributed by atoms with Gasteiger partial charge < -0.3 is 10.6 Å². The standard InChI is InChI=1S/C11H17F3N2OS/c1-2-8(9(15)18)10(17)16-5-3-4-7(6-16)11(12,13)14/h7-8H,2-6H2,1H3,(H2,15,18). The van der Waals surface area contributed by atoms with E-state index in [4.69, 9.17) is 18.0 Å². The first-order valence-electron chi connectivity index (χ1n) is 5.92. The molecule has 0 radical (unpaired) electrons. The molecule has 2 atom stereocenters. The fourth-order valence-electron chi connectivity index (χ4n) is 2.16. The fraction of sp³-hybridized carbons (Fsp3) is 0.818. The van der Waals surface area contributed by atoms with Crippen LogP contribution in [0, 0.1) is 11.8 Å². The molecule has 0 saturated carbocycles. The van der Waals surface area contributed by atoms with Crippen molar-refractivity contribution < 1.29 is 18.0 Å². The Morgan fingerprint density at radius 3 is 2.61 bits per heavy atom. The first kappa shape index (κ1) is 15.2. The Labute approximate surface area is 109 Å². The Kier molecular flexibility index (Phi) is 4.95. The van der Waals surface area contributed by atoms with Crippen molar-refractivity contribution >= 4 is 23.1 Å². The average Bonchev–Trinajstić information content (AvgIpc) is 2.28. The minimum absolute atomic E-state index is 0.0524. The summed E-state index contributed by atoms with van der Waals surface area (Å²) in [4.78, 5) is 13.3. The number of hydrogen-bond acceptors (Lipinski definition) is 2. The molecule has 1 amide bonds. The summed E-state index contributed by atoms with van der Waals surface area (Å²) in [5.74, 6) is -2.45. The number of rotatable bonds is 3. The summed E-state index contributed by atoms with van der Waals surface area (Å²) in [5.41, 5.74) is 5.44. The number of amides is 1. The molecule has 2 N–H and O–H groups in total. The molecular formula is C11H17F3N2OS. The van der Waals surface area contributed by atoms with E-state index >= 15 is 0 Å². The largest absolute Gasteiger partial charge is 0.393 e. The van der Waals surface area contributed by atoms with Crippen molar-refractivity contribution in [2.24, 2.45) is 17.6 Å². The average molecular weight is 282 g/mol. The van der Waals surface area contributed by atoms with Crippen LogP contribution in [-0.4, -0.2) is 35.1 Å². The lowest BCUT2D eigenvalue weighted by Crippen LogP contribution is -2.48. The Morgan fingerprint density at radius 2 is 2.17 bits per heavy atom. The van der Waals surface area contributed by atoms with Gasteiger partial charge in [0.2, 0.25) is 5.91 Å². The van der Waals surface area contributed by atoms with Gasteiger partial charge in [-0.15, -0.1) is 0 Å². The summed E-state index contributed by atoms with van der Waals surface area (Å²) in [6, 6.07) is 0. The van der Waals surface area contributed by atoms with Crippen LogP contribution in [-0.2, 0) is 4.79 Å². The monoisotopic (exact) mass is 282 g/mol. The van der Waals surface area contributed by atoms with Crippen LogP contribution in [0.3, 0.4) is 0 Å². The number of carbonyl (C=O) groups excluding carboxylic acids is 1. The molecule has 0 aromatic carbocycles. The van der Waals surface area contributed by atoms with Crippen LogP contribution in [0.1, 0.15) is 26.2 Å². The molecule has 0 aromatic rings. The van der Waals surface area contributed by atoms with E-state index in [-0.39, 0.29) is 23.9 Å². The summed E-state index contributed by atoms with van der Waals surface area (Å²) in [6.07, 6.45) is -3.38. The molecule has 1 fully saturated rings. The third-order valence-electron chi connectivity index (χ3n) is 3.25. The number of thiocarbonyl (C=S) groups is 1. The SMILES string of the molecule is CCC(C(=O)N1CCCC(C(F)(F)F)C1)C(N)=S. The van der Waals surface area contributed by atoms with Gasteiger partial charge in [-0.1, -0.05) is 19.1 Å². The van der Waals surface area contributed by atoms with Gasteiger partial charge in [0, 0.05) is 13.1 Å². The zero-order chi connectivity index (χ0) is 13.9. The third kappa shape index (κ3) is 3.57. The predicted molar refractivity (Wildman–Crippen MR) is 65.9 cm³/mol. The van der Waals surface area contributed by atoms with Crippen molar-refractivity contribution in [1.29, 1.82) is 0 Å². The van der Waals surface area contributed by atoms with Gasteiger partial charge >= 0.3 is 6.18 Å². The van der Waals surface area contributed by atoms with Gasteiger partial charge in [0.15, 0.2) is 0 Å².